The molecule has 1 heterocycles. The van der Waals surface area contributed by atoms with Crippen molar-refractivity contribution in [2.75, 3.05) is 0 Å². The number of halogens is 4. The Morgan fingerprint density at radius 2 is 1.73 bits per heavy atom. The van der Waals surface area contributed by atoms with E-state index in [1.807, 2.05) is 0 Å². The topological polar surface area (TPSA) is 82.3 Å². The number of aryl methyl sites for hydroxylation is 2. The van der Waals surface area contributed by atoms with Gasteiger partial charge in [0.05, 0.1) is 0 Å². The highest BCUT2D eigenvalue weighted by atomic mass is 32.3. The number of alkyl halides is 3. The molecule has 0 spiro atoms. The third kappa shape index (κ3) is 3.53. The first-order valence-corrected chi connectivity index (χ1v) is 6.95. The normalized spacial score (nSPS) is 12.5. The van der Waals surface area contributed by atoms with Crippen LogP contribution in [-0.4, -0.2) is 18.6 Å². The van der Waals surface area contributed by atoms with Crippen LogP contribution >= 0.6 is 0 Å². The van der Waals surface area contributed by atoms with Crippen LogP contribution in [-0.2, 0) is 16.7 Å². The maximum Gasteiger partial charge on any atom is 0.488 e. The maximum atomic E-state index is 12.6. The van der Waals surface area contributed by atoms with Crippen LogP contribution in [0.5, 0.6) is 5.75 Å². The van der Waals surface area contributed by atoms with Gasteiger partial charge in [-0.1, -0.05) is 9.04 Å². The molecule has 2 rings (SSSR count). The summed E-state index contributed by atoms with van der Waals surface area (Å²) in [6.07, 6.45) is -4.78. The number of hydrogen-bond acceptors (Lipinski definition) is 6. The predicted molar refractivity (Wildman–Crippen MR) is 64.9 cm³/mol. The molecule has 0 saturated carbocycles. The standard InChI is InChI=1S/C11H8F4N2O4S/c1-5-3-7(4-6(2)8(5)21-22(15,18)19)9-16-10(20-17-9)11(12,13)14/h3-4H,1-2H3. The zero-order valence-electron chi connectivity index (χ0n) is 11.1. The monoisotopic (exact) mass is 340 g/mol. The van der Waals surface area contributed by atoms with E-state index >= 15 is 0 Å². The number of nitrogens with zero attached hydrogens (tertiary/aromatic N) is 2. The highest BCUT2D eigenvalue weighted by Gasteiger charge is 2.38. The molecule has 11 heteroatoms. The minimum Gasteiger partial charge on any atom is -0.358 e. The average Bonchev–Trinajstić information content (AvgIpc) is 2.81. The van der Waals surface area contributed by atoms with Crippen molar-refractivity contribution in [2.24, 2.45) is 0 Å². The SMILES string of the molecule is Cc1cc(-c2noc(C(F)(F)F)n2)cc(C)c1OS(=O)(=O)F. The molecular formula is C11H8F4N2O4S. The van der Waals surface area contributed by atoms with Gasteiger partial charge in [-0.2, -0.15) is 26.6 Å². The molecule has 0 fully saturated rings. The number of hydrogen-bond donors (Lipinski definition) is 0. The second kappa shape index (κ2) is 5.23. The smallest absolute Gasteiger partial charge is 0.358 e. The third-order valence-electron chi connectivity index (χ3n) is 2.57. The van der Waals surface area contributed by atoms with E-state index < -0.39 is 22.6 Å². The van der Waals surface area contributed by atoms with Crippen molar-refractivity contribution in [1.82, 2.24) is 10.1 Å². The molecule has 0 aliphatic heterocycles. The van der Waals surface area contributed by atoms with Gasteiger partial charge in [0, 0.05) is 5.56 Å². The Bertz CT molecular complexity index is 791. The van der Waals surface area contributed by atoms with Crippen molar-refractivity contribution in [3.63, 3.8) is 0 Å². The lowest BCUT2D eigenvalue weighted by atomic mass is 10.1. The van der Waals surface area contributed by atoms with Gasteiger partial charge in [0.25, 0.3) is 0 Å². The molecule has 120 valence electrons. The Balaban J connectivity index is 2.44. The molecule has 22 heavy (non-hydrogen) atoms. The zero-order valence-corrected chi connectivity index (χ0v) is 11.9. The molecule has 0 unspecified atom stereocenters. The van der Waals surface area contributed by atoms with Crippen LogP contribution < -0.4 is 4.18 Å². The maximum absolute atomic E-state index is 12.6. The summed E-state index contributed by atoms with van der Waals surface area (Å²) < 4.78 is 79.1. The van der Waals surface area contributed by atoms with Gasteiger partial charge in [0.1, 0.15) is 0 Å². The van der Waals surface area contributed by atoms with Crippen LogP contribution in [0, 0.1) is 13.8 Å². The lowest BCUT2D eigenvalue weighted by Gasteiger charge is -2.09. The zero-order chi connectivity index (χ0) is 16.7. The molecule has 0 atom stereocenters. The molecule has 0 N–H and O–H groups in total. The molecule has 0 saturated heterocycles. The number of aromatic nitrogens is 2. The predicted octanol–water partition coefficient (Wildman–Crippen LogP) is 2.97. The van der Waals surface area contributed by atoms with Crippen LogP contribution in [0.3, 0.4) is 0 Å². The van der Waals surface area contributed by atoms with Crippen molar-refractivity contribution >= 4 is 10.5 Å². The molecule has 6 nitrogen and oxygen atoms in total. The van der Waals surface area contributed by atoms with Crippen LogP contribution in [0.25, 0.3) is 11.4 Å². The molecule has 1 aromatic carbocycles. The fraction of sp³-hybridized carbons (Fsp3) is 0.273. The summed E-state index contributed by atoms with van der Waals surface area (Å²) in [5, 5.41) is 3.20. The first-order chi connectivity index (χ1) is 9.97. The van der Waals surface area contributed by atoms with Crippen LogP contribution in [0.2, 0.25) is 0 Å². The average molecular weight is 340 g/mol. The van der Waals surface area contributed by atoms with E-state index in [-0.39, 0.29) is 28.3 Å². The van der Waals surface area contributed by atoms with Gasteiger partial charge < -0.3 is 8.71 Å². The van der Waals surface area contributed by atoms with E-state index in [1.165, 1.54) is 26.0 Å². The summed E-state index contributed by atoms with van der Waals surface area (Å²) in [6.45, 7) is 2.78. The van der Waals surface area contributed by atoms with Crippen LogP contribution in [0.15, 0.2) is 16.7 Å². The first kappa shape index (κ1) is 16.2. The van der Waals surface area contributed by atoms with Gasteiger partial charge in [0.15, 0.2) is 5.75 Å². The second-order valence-electron chi connectivity index (χ2n) is 4.34. The van der Waals surface area contributed by atoms with E-state index in [1.54, 1.807) is 0 Å². The largest absolute Gasteiger partial charge is 0.488 e. The van der Waals surface area contributed by atoms with E-state index in [2.05, 4.69) is 18.8 Å². The third-order valence-corrected chi connectivity index (χ3v) is 2.94. The van der Waals surface area contributed by atoms with Gasteiger partial charge in [-0.3, -0.25) is 0 Å². The summed E-state index contributed by atoms with van der Waals surface area (Å²) >= 11 is 0. The minimum atomic E-state index is -5.21. The molecule has 0 aliphatic carbocycles. The quantitative estimate of drug-likeness (QED) is 0.631. The summed E-state index contributed by atoms with van der Waals surface area (Å²) in [4.78, 5) is 3.20. The summed E-state index contributed by atoms with van der Waals surface area (Å²) in [5.41, 5.74) is 0.488. The summed E-state index contributed by atoms with van der Waals surface area (Å²) in [7, 11) is -5.21. The molecule has 1 aromatic heterocycles. The van der Waals surface area contributed by atoms with Gasteiger partial charge in [-0.05, 0) is 37.1 Å². The van der Waals surface area contributed by atoms with E-state index in [0.717, 1.165) is 0 Å². The van der Waals surface area contributed by atoms with Crippen molar-refractivity contribution in [1.29, 1.82) is 0 Å². The van der Waals surface area contributed by atoms with E-state index in [9.17, 15) is 25.5 Å². The molecule has 0 radical (unpaired) electrons. The van der Waals surface area contributed by atoms with Gasteiger partial charge in [-0.15, -0.1) is 0 Å². The van der Waals surface area contributed by atoms with Crippen LogP contribution in [0.1, 0.15) is 17.0 Å². The molecular weight excluding hydrogens is 332 g/mol. The number of rotatable bonds is 3. The molecule has 0 aliphatic rings. The minimum absolute atomic E-state index is 0.137. The number of benzene rings is 1. The first-order valence-electron chi connectivity index (χ1n) is 5.64. The Kier molecular flexibility index (Phi) is 3.85. The fourth-order valence-corrected chi connectivity index (χ4v) is 2.23. The van der Waals surface area contributed by atoms with Crippen molar-refractivity contribution < 1.29 is 34.2 Å². The van der Waals surface area contributed by atoms with Gasteiger partial charge in [-0.25, -0.2) is 0 Å². The highest BCUT2D eigenvalue weighted by Crippen LogP contribution is 2.32. The van der Waals surface area contributed by atoms with Crippen molar-refractivity contribution in [2.45, 2.75) is 20.0 Å². The lowest BCUT2D eigenvalue weighted by Crippen LogP contribution is -2.05. The van der Waals surface area contributed by atoms with Gasteiger partial charge in [0.2, 0.25) is 5.82 Å². The Morgan fingerprint density at radius 1 is 1.18 bits per heavy atom. The van der Waals surface area contributed by atoms with E-state index in [4.69, 9.17) is 0 Å². The summed E-state index contributed by atoms with van der Waals surface area (Å²) in [5.74, 6) is -2.11. The van der Waals surface area contributed by atoms with Crippen molar-refractivity contribution in [3.05, 3.63) is 29.2 Å². The molecule has 2 aromatic rings. The van der Waals surface area contributed by atoms with Crippen LogP contribution in [0.4, 0.5) is 17.1 Å². The second-order valence-corrected chi connectivity index (χ2v) is 5.29. The lowest BCUT2D eigenvalue weighted by molar-refractivity contribution is -0.159. The molecule has 0 bridgehead atoms. The fourth-order valence-electron chi connectivity index (χ4n) is 1.77. The highest BCUT2D eigenvalue weighted by molar-refractivity contribution is 7.81. The Morgan fingerprint density at radius 3 is 2.14 bits per heavy atom. The Labute approximate surface area is 122 Å². The molecule has 0 amide bonds. The Hall–Kier alpha value is -2.17. The van der Waals surface area contributed by atoms with Crippen molar-refractivity contribution in [3.8, 4) is 17.1 Å². The van der Waals surface area contributed by atoms with E-state index in [0.29, 0.717) is 0 Å². The summed E-state index contributed by atoms with van der Waals surface area (Å²) in [6, 6.07) is 2.50. The van der Waals surface area contributed by atoms with Gasteiger partial charge >= 0.3 is 22.6 Å².